The molecule has 1 N–H and O–H groups in total. The summed E-state index contributed by atoms with van der Waals surface area (Å²) >= 11 is 0. The van der Waals surface area contributed by atoms with Gasteiger partial charge in [0.05, 0.1) is 6.61 Å². The number of nitrogens with one attached hydrogen (secondary N) is 1. The summed E-state index contributed by atoms with van der Waals surface area (Å²) in [6.45, 7) is 6.49. The molecule has 3 heteroatoms. The van der Waals surface area contributed by atoms with Gasteiger partial charge in [-0.3, -0.25) is 4.90 Å². The minimum atomic E-state index is 0.554. The standard InChI is InChI=1S/C15H22N2O/c1-2-16-12-7-9-17(11-12)14-8-10-18-15-6-4-3-5-13(14)15/h3-6,12,14,16H,2,7-11H2,1H3. The van der Waals surface area contributed by atoms with Crippen LogP contribution in [0.15, 0.2) is 24.3 Å². The van der Waals surface area contributed by atoms with E-state index in [-0.39, 0.29) is 0 Å². The molecule has 1 fully saturated rings. The number of para-hydroxylation sites is 1. The number of likely N-dealkylation sites (tertiary alicyclic amines) is 1. The summed E-state index contributed by atoms with van der Waals surface area (Å²) in [6, 6.07) is 9.73. The van der Waals surface area contributed by atoms with Crippen molar-refractivity contribution >= 4 is 0 Å². The zero-order valence-corrected chi connectivity index (χ0v) is 11.1. The van der Waals surface area contributed by atoms with Crippen molar-refractivity contribution in [2.75, 3.05) is 26.2 Å². The molecule has 2 atom stereocenters. The van der Waals surface area contributed by atoms with Crippen LogP contribution in [0.1, 0.15) is 31.4 Å². The van der Waals surface area contributed by atoms with Crippen LogP contribution in [0.4, 0.5) is 0 Å². The molecule has 1 aromatic rings. The van der Waals surface area contributed by atoms with Gasteiger partial charge in [-0.1, -0.05) is 25.1 Å². The predicted molar refractivity (Wildman–Crippen MR) is 72.9 cm³/mol. The lowest BCUT2D eigenvalue weighted by Gasteiger charge is -2.33. The first kappa shape index (κ1) is 12.0. The molecular weight excluding hydrogens is 224 g/mol. The van der Waals surface area contributed by atoms with E-state index in [2.05, 4.69) is 41.4 Å². The van der Waals surface area contributed by atoms with Crippen LogP contribution < -0.4 is 10.1 Å². The molecule has 0 saturated carbocycles. The zero-order valence-electron chi connectivity index (χ0n) is 11.1. The highest BCUT2D eigenvalue weighted by atomic mass is 16.5. The molecule has 3 rings (SSSR count). The van der Waals surface area contributed by atoms with E-state index >= 15 is 0 Å². The number of likely N-dealkylation sites (N-methyl/N-ethyl adjacent to an activating group) is 1. The highest BCUT2D eigenvalue weighted by Gasteiger charge is 2.31. The first-order valence-electron chi connectivity index (χ1n) is 7.07. The molecule has 2 heterocycles. The average molecular weight is 246 g/mol. The number of ether oxygens (including phenoxy) is 1. The van der Waals surface area contributed by atoms with E-state index < -0.39 is 0 Å². The second kappa shape index (κ2) is 5.29. The van der Waals surface area contributed by atoms with Crippen LogP contribution in [0.2, 0.25) is 0 Å². The van der Waals surface area contributed by atoms with Crippen molar-refractivity contribution in [2.24, 2.45) is 0 Å². The summed E-state index contributed by atoms with van der Waals surface area (Å²) in [4.78, 5) is 2.62. The highest BCUT2D eigenvalue weighted by molar-refractivity contribution is 5.37. The Kier molecular flexibility index (Phi) is 3.52. The Morgan fingerprint density at radius 1 is 1.33 bits per heavy atom. The number of rotatable bonds is 3. The van der Waals surface area contributed by atoms with Gasteiger partial charge in [0.2, 0.25) is 0 Å². The van der Waals surface area contributed by atoms with Gasteiger partial charge in [-0.15, -0.1) is 0 Å². The van der Waals surface area contributed by atoms with Gasteiger partial charge < -0.3 is 10.1 Å². The van der Waals surface area contributed by atoms with Gasteiger partial charge in [0.15, 0.2) is 0 Å². The molecule has 2 aliphatic heterocycles. The van der Waals surface area contributed by atoms with Crippen LogP contribution in [0.3, 0.4) is 0 Å². The van der Waals surface area contributed by atoms with E-state index in [4.69, 9.17) is 4.74 Å². The Balaban J connectivity index is 1.74. The molecule has 1 saturated heterocycles. The second-order valence-electron chi connectivity index (χ2n) is 5.23. The molecule has 0 amide bonds. The number of nitrogens with zero attached hydrogens (tertiary/aromatic N) is 1. The number of fused-ring (bicyclic) bond motifs is 1. The Morgan fingerprint density at radius 3 is 3.11 bits per heavy atom. The fourth-order valence-electron chi connectivity index (χ4n) is 3.23. The molecule has 0 bridgehead atoms. The van der Waals surface area contributed by atoms with Crippen molar-refractivity contribution in [3.05, 3.63) is 29.8 Å². The molecule has 0 spiro atoms. The molecule has 98 valence electrons. The van der Waals surface area contributed by atoms with Gasteiger partial charge >= 0.3 is 0 Å². The summed E-state index contributed by atoms with van der Waals surface area (Å²) in [5.41, 5.74) is 1.38. The number of hydrogen-bond acceptors (Lipinski definition) is 3. The van der Waals surface area contributed by atoms with E-state index in [1.807, 2.05) is 0 Å². The molecule has 2 aliphatic rings. The molecule has 1 aromatic carbocycles. The van der Waals surface area contributed by atoms with Crippen molar-refractivity contribution in [3.8, 4) is 5.75 Å². The first-order chi connectivity index (χ1) is 8.88. The summed E-state index contributed by atoms with van der Waals surface area (Å²) < 4.78 is 5.75. The van der Waals surface area contributed by atoms with Gasteiger partial charge in [-0.05, 0) is 19.0 Å². The maximum Gasteiger partial charge on any atom is 0.124 e. The Labute approximate surface area is 109 Å². The van der Waals surface area contributed by atoms with Gasteiger partial charge in [0.25, 0.3) is 0 Å². The maximum absolute atomic E-state index is 5.75. The Hall–Kier alpha value is -1.06. The maximum atomic E-state index is 5.75. The van der Waals surface area contributed by atoms with Crippen molar-refractivity contribution in [1.29, 1.82) is 0 Å². The topological polar surface area (TPSA) is 24.5 Å². The normalized spacial score (nSPS) is 27.8. The van der Waals surface area contributed by atoms with Crippen LogP contribution >= 0.6 is 0 Å². The molecular formula is C15H22N2O. The lowest BCUT2D eigenvalue weighted by atomic mass is 9.99. The summed E-state index contributed by atoms with van der Waals surface area (Å²) in [5.74, 6) is 1.08. The monoisotopic (exact) mass is 246 g/mol. The summed E-state index contributed by atoms with van der Waals surface area (Å²) in [7, 11) is 0. The van der Waals surface area contributed by atoms with Crippen LogP contribution in [0.5, 0.6) is 5.75 Å². The van der Waals surface area contributed by atoms with E-state index in [0.29, 0.717) is 12.1 Å². The Morgan fingerprint density at radius 2 is 2.22 bits per heavy atom. The summed E-state index contributed by atoms with van der Waals surface area (Å²) in [6.07, 6.45) is 2.39. The van der Waals surface area contributed by atoms with Crippen molar-refractivity contribution in [1.82, 2.24) is 10.2 Å². The number of benzene rings is 1. The zero-order chi connectivity index (χ0) is 12.4. The quantitative estimate of drug-likeness (QED) is 0.885. The summed E-state index contributed by atoms with van der Waals surface area (Å²) in [5, 5.41) is 3.56. The minimum absolute atomic E-state index is 0.554. The first-order valence-corrected chi connectivity index (χ1v) is 7.07. The second-order valence-corrected chi connectivity index (χ2v) is 5.23. The van der Waals surface area contributed by atoms with E-state index in [1.54, 1.807) is 0 Å². The third kappa shape index (κ3) is 2.25. The van der Waals surface area contributed by atoms with E-state index in [0.717, 1.165) is 25.3 Å². The minimum Gasteiger partial charge on any atom is -0.493 e. The van der Waals surface area contributed by atoms with Crippen molar-refractivity contribution < 1.29 is 4.74 Å². The van der Waals surface area contributed by atoms with Gasteiger partial charge in [0, 0.05) is 37.2 Å². The number of hydrogen-bond donors (Lipinski definition) is 1. The highest BCUT2D eigenvalue weighted by Crippen LogP contribution is 2.37. The van der Waals surface area contributed by atoms with Gasteiger partial charge in [0.1, 0.15) is 5.75 Å². The molecule has 3 nitrogen and oxygen atoms in total. The fourth-order valence-corrected chi connectivity index (χ4v) is 3.23. The Bertz CT molecular complexity index is 407. The average Bonchev–Trinajstić information content (AvgIpc) is 2.87. The van der Waals surface area contributed by atoms with Gasteiger partial charge in [-0.2, -0.15) is 0 Å². The van der Waals surface area contributed by atoms with Crippen LogP contribution in [0.25, 0.3) is 0 Å². The molecule has 18 heavy (non-hydrogen) atoms. The molecule has 0 aliphatic carbocycles. The van der Waals surface area contributed by atoms with Crippen LogP contribution in [-0.4, -0.2) is 37.2 Å². The molecule has 2 unspecified atom stereocenters. The van der Waals surface area contributed by atoms with Crippen molar-refractivity contribution in [2.45, 2.75) is 31.8 Å². The third-order valence-electron chi connectivity index (χ3n) is 4.08. The van der Waals surface area contributed by atoms with E-state index in [9.17, 15) is 0 Å². The van der Waals surface area contributed by atoms with E-state index in [1.165, 1.54) is 25.1 Å². The van der Waals surface area contributed by atoms with Gasteiger partial charge in [-0.25, -0.2) is 0 Å². The van der Waals surface area contributed by atoms with Crippen LogP contribution in [-0.2, 0) is 0 Å². The van der Waals surface area contributed by atoms with Crippen LogP contribution in [0, 0.1) is 0 Å². The smallest absolute Gasteiger partial charge is 0.124 e. The van der Waals surface area contributed by atoms with Crippen molar-refractivity contribution in [3.63, 3.8) is 0 Å². The molecule has 0 radical (unpaired) electrons. The largest absolute Gasteiger partial charge is 0.493 e. The SMILES string of the molecule is CCNC1CCN(C2CCOc3ccccc32)C1. The predicted octanol–water partition coefficient (Wildman–Crippen LogP) is 2.19. The fraction of sp³-hybridized carbons (Fsp3) is 0.600. The lowest BCUT2D eigenvalue weighted by molar-refractivity contribution is 0.163. The third-order valence-corrected chi connectivity index (χ3v) is 4.08. The molecule has 0 aromatic heterocycles. The lowest BCUT2D eigenvalue weighted by Crippen LogP contribution is -2.35.